The lowest BCUT2D eigenvalue weighted by molar-refractivity contribution is 0.0841. The highest BCUT2D eigenvalue weighted by atomic mass is 19.1. The van der Waals surface area contributed by atoms with Crippen molar-refractivity contribution in [2.24, 2.45) is 0 Å². The number of carbonyl (C=O) groups is 1. The summed E-state index contributed by atoms with van der Waals surface area (Å²) < 4.78 is 19.1. The van der Waals surface area contributed by atoms with E-state index in [9.17, 15) is 9.18 Å². The molecule has 2 rings (SSSR count). The largest absolute Gasteiger partial charge is 0.486 e. The van der Waals surface area contributed by atoms with Gasteiger partial charge in [-0.2, -0.15) is 0 Å². The summed E-state index contributed by atoms with van der Waals surface area (Å²) >= 11 is 0. The van der Waals surface area contributed by atoms with Crippen LogP contribution in [0.3, 0.4) is 0 Å². The summed E-state index contributed by atoms with van der Waals surface area (Å²) in [6.45, 7) is 4.10. The van der Waals surface area contributed by atoms with E-state index in [2.05, 4.69) is 0 Å². The van der Waals surface area contributed by atoms with Gasteiger partial charge in [0.05, 0.1) is 5.56 Å². The van der Waals surface area contributed by atoms with Gasteiger partial charge >= 0.3 is 0 Å². The van der Waals surface area contributed by atoms with E-state index < -0.39 is 0 Å². The van der Waals surface area contributed by atoms with Crippen LogP contribution in [-0.4, -0.2) is 11.9 Å². The molecule has 1 aromatic carbocycles. The van der Waals surface area contributed by atoms with E-state index >= 15 is 0 Å². The van der Waals surface area contributed by atoms with E-state index in [1.807, 2.05) is 13.8 Å². The van der Waals surface area contributed by atoms with Crippen LogP contribution in [0.2, 0.25) is 0 Å². The predicted molar refractivity (Wildman–Crippen MR) is 59.4 cm³/mol. The topological polar surface area (TPSA) is 26.3 Å². The number of carbonyl (C=O) groups excluding carboxylic acids is 1. The fourth-order valence-electron chi connectivity index (χ4n) is 2.26. The maximum absolute atomic E-state index is 13.3. The van der Waals surface area contributed by atoms with Crippen molar-refractivity contribution in [2.75, 3.05) is 0 Å². The maximum atomic E-state index is 13.3. The molecule has 0 saturated carbocycles. The normalized spacial score (nSPS) is 16.7. The fourth-order valence-corrected chi connectivity index (χ4v) is 2.26. The lowest BCUT2D eigenvalue weighted by Gasteiger charge is -2.25. The number of hydrogen-bond acceptors (Lipinski definition) is 2. The average Bonchev–Trinajstić information content (AvgIpc) is 2.67. The third kappa shape index (κ3) is 1.60. The lowest BCUT2D eigenvalue weighted by Crippen LogP contribution is -2.32. The predicted octanol–water partition coefficient (Wildman–Crippen LogP) is 3.13. The molecule has 16 heavy (non-hydrogen) atoms. The quantitative estimate of drug-likeness (QED) is 0.734. The van der Waals surface area contributed by atoms with Crippen LogP contribution in [0.25, 0.3) is 0 Å². The molecule has 1 aliphatic rings. The van der Waals surface area contributed by atoms with Gasteiger partial charge in [0.1, 0.15) is 17.2 Å². The number of hydrogen-bond donors (Lipinski definition) is 0. The Hall–Kier alpha value is -1.38. The monoisotopic (exact) mass is 222 g/mol. The zero-order valence-corrected chi connectivity index (χ0v) is 9.55. The summed E-state index contributed by atoms with van der Waals surface area (Å²) in [7, 11) is 0. The first-order valence-electron chi connectivity index (χ1n) is 5.60. The molecule has 0 spiro atoms. The first-order chi connectivity index (χ1) is 7.64. The molecule has 3 heteroatoms. The van der Waals surface area contributed by atoms with E-state index in [1.165, 1.54) is 12.1 Å². The number of rotatable bonds is 3. The summed E-state index contributed by atoms with van der Waals surface area (Å²) in [5.74, 6) is 0.201. The Balaban J connectivity index is 2.47. The minimum atomic E-state index is -0.368. The first-order valence-corrected chi connectivity index (χ1v) is 5.60. The summed E-state index contributed by atoms with van der Waals surface area (Å²) in [5, 5.41) is 0. The molecule has 0 atom stereocenters. The fraction of sp³-hybridized carbons (Fsp3) is 0.462. The standard InChI is InChI=1S/C13H15FO2/c1-3-13(4-2)7-9-5-11(14)6-10(8-15)12(9)16-13/h5-6,8H,3-4,7H2,1-2H3. The van der Waals surface area contributed by atoms with Gasteiger partial charge in [0, 0.05) is 12.0 Å². The molecule has 0 N–H and O–H groups in total. The SMILES string of the molecule is CCC1(CC)Cc2cc(F)cc(C=O)c2O1. The van der Waals surface area contributed by atoms with Crippen LogP contribution < -0.4 is 4.74 Å². The summed E-state index contributed by atoms with van der Waals surface area (Å²) in [5.41, 5.74) is 0.873. The van der Waals surface area contributed by atoms with E-state index in [4.69, 9.17) is 4.74 Å². The number of ether oxygens (including phenoxy) is 1. The summed E-state index contributed by atoms with van der Waals surface area (Å²) in [6, 6.07) is 2.70. The Labute approximate surface area is 94.4 Å². The molecule has 2 nitrogen and oxygen atoms in total. The molecule has 0 aromatic heterocycles. The Bertz CT molecular complexity index is 422. The molecule has 1 aromatic rings. The second-order valence-electron chi connectivity index (χ2n) is 4.27. The Kier molecular flexibility index (Phi) is 2.70. The maximum Gasteiger partial charge on any atom is 0.153 e. The Morgan fingerprint density at radius 2 is 2.12 bits per heavy atom. The average molecular weight is 222 g/mol. The van der Waals surface area contributed by atoms with E-state index in [0.29, 0.717) is 24.0 Å². The number of halogens is 1. The highest BCUT2D eigenvalue weighted by Gasteiger charge is 2.37. The van der Waals surface area contributed by atoms with Crippen LogP contribution >= 0.6 is 0 Å². The molecule has 0 amide bonds. The van der Waals surface area contributed by atoms with Crippen LogP contribution in [0.1, 0.15) is 42.6 Å². The van der Waals surface area contributed by atoms with Gasteiger partial charge < -0.3 is 4.74 Å². The van der Waals surface area contributed by atoms with Gasteiger partial charge in [-0.25, -0.2) is 4.39 Å². The smallest absolute Gasteiger partial charge is 0.153 e. The number of aldehydes is 1. The van der Waals surface area contributed by atoms with Crippen molar-refractivity contribution in [3.8, 4) is 5.75 Å². The molecule has 1 aliphatic heterocycles. The van der Waals surface area contributed by atoms with Crippen LogP contribution in [0, 0.1) is 5.82 Å². The summed E-state index contributed by atoms with van der Waals surface area (Å²) in [4.78, 5) is 10.9. The van der Waals surface area contributed by atoms with E-state index in [-0.39, 0.29) is 11.4 Å². The van der Waals surface area contributed by atoms with Gasteiger partial charge in [-0.15, -0.1) is 0 Å². The molecule has 0 radical (unpaired) electrons. The van der Waals surface area contributed by atoms with E-state index in [1.54, 1.807) is 0 Å². The molecule has 0 unspecified atom stereocenters. The minimum Gasteiger partial charge on any atom is -0.486 e. The van der Waals surface area contributed by atoms with Crippen molar-refractivity contribution in [2.45, 2.75) is 38.7 Å². The van der Waals surface area contributed by atoms with Crippen molar-refractivity contribution < 1.29 is 13.9 Å². The van der Waals surface area contributed by atoms with Gasteiger partial charge in [-0.1, -0.05) is 13.8 Å². The van der Waals surface area contributed by atoms with Crippen molar-refractivity contribution in [1.82, 2.24) is 0 Å². The lowest BCUT2D eigenvalue weighted by atomic mass is 9.91. The van der Waals surface area contributed by atoms with Crippen molar-refractivity contribution >= 4 is 6.29 Å². The minimum absolute atomic E-state index is 0.256. The zero-order valence-electron chi connectivity index (χ0n) is 9.55. The molecule has 86 valence electrons. The molecule has 0 aliphatic carbocycles. The third-order valence-electron chi connectivity index (χ3n) is 3.41. The molecular formula is C13H15FO2. The van der Waals surface area contributed by atoms with E-state index in [0.717, 1.165) is 18.4 Å². The number of fused-ring (bicyclic) bond motifs is 1. The highest BCUT2D eigenvalue weighted by molar-refractivity contribution is 5.80. The van der Waals surface area contributed by atoms with Crippen LogP contribution in [0.5, 0.6) is 5.75 Å². The van der Waals surface area contributed by atoms with Crippen molar-refractivity contribution in [3.05, 3.63) is 29.1 Å². The van der Waals surface area contributed by atoms with Crippen molar-refractivity contribution in [3.63, 3.8) is 0 Å². The van der Waals surface area contributed by atoms with Gasteiger partial charge in [0.15, 0.2) is 6.29 Å². The first kappa shape index (κ1) is 11.1. The Morgan fingerprint density at radius 3 is 2.69 bits per heavy atom. The zero-order chi connectivity index (χ0) is 11.8. The van der Waals surface area contributed by atoms with Gasteiger partial charge in [-0.05, 0) is 25.0 Å². The molecular weight excluding hydrogens is 207 g/mol. The Morgan fingerprint density at radius 1 is 1.44 bits per heavy atom. The van der Waals surface area contributed by atoms with Gasteiger partial charge in [-0.3, -0.25) is 4.79 Å². The van der Waals surface area contributed by atoms with Crippen LogP contribution in [0.15, 0.2) is 12.1 Å². The number of benzene rings is 1. The highest BCUT2D eigenvalue weighted by Crippen LogP contribution is 2.41. The molecule has 1 heterocycles. The van der Waals surface area contributed by atoms with Gasteiger partial charge in [0.25, 0.3) is 0 Å². The van der Waals surface area contributed by atoms with Gasteiger partial charge in [0.2, 0.25) is 0 Å². The van der Waals surface area contributed by atoms with Crippen LogP contribution in [0.4, 0.5) is 4.39 Å². The second kappa shape index (κ2) is 3.89. The second-order valence-corrected chi connectivity index (χ2v) is 4.27. The molecule has 0 bridgehead atoms. The third-order valence-corrected chi connectivity index (χ3v) is 3.41. The molecule has 0 saturated heterocycles. The molecule has 0 fully saturated rings. The van der Waals surface area contributed by atoms with Crippen molar-refractivity contribution in [1.29, 1.82) is 0 Å². The van der Waals surface area contributed by atoms with Crippen LogP contribution in [-0.2, 0) is 6.42 Å². The summed E-state index contributed by atoms with van der Waals surface area (Å²) in [6.07, 6.45) is 3.06.